The molecule has 34 heavy (non-hydrogen) atoms. The summed E-state index contributed by atoms with van der Waals surface area (Å²) in [6, 6.07) is 28.5. The summed E-state index contributed by atoms with van der Waals surface area (Å²) in [6.45, 7) is 10.9. The van der Waals surface area contributed by atoms with E-state index in [-0.39, 0.29) is 5.92 Å². The molecule has 0 amide bonds. The third-order valence-corrected chi connectivity index (χ3v) is 6.52. The van der Waals surface area contributed by atoms with E-state index in [2.05, 4.69) is 99.3 Å². The van der Waals surface area contributed by atoms with Crippen molar-refractivity contribution in [2.45, 2.75) is 71.6 Å². The Morgan fingerprint density at radius 2 is 1.41 bits per heavy atom. The van der Waals surface area contributed by atoms with E-state index in [1.165, 1.54) is 23.1 Å². The Morgan fingerprint density at radius 3 is 2.03 bits per heavy atom. The molecule has 3 nitrogen and oxygen atoms in total. The number of benzene rings is 3. The van der Waals surface area contributed by atoms with Crippen LogP contribution in [-0.4, -0.2) is 30.6 Å². The zero-order chi connectivity index (χ0) is 24.3. The van der Waals surface area contributed by atoms with Crippen LogP contribution in [0.1, 0.15) is 69.6 Å². The Hall–Kier alpha value is -2.78. The van der Waals surface area contributed by atoms with Gasteiger partial charge < -0.3 is 9.47 Å². The van der Waals surface area contributed by atoms with Gasteiger partial charge in [-0.2, -0.15) is 0 Å². The van der Waals surface area contributed by atoms with E-state index >= 15 is 0 Å². The zero-order valence-corrected chi connectivity index (χ0v) is 21.5. The van der Waals surface area contributed by atoms with Gasteiger partial charge >= 0.3 is 0 Å². The van der Waals surface area contributed by atoms with Crippen molar-refractivity contribution < 1.29 is 9.47 Å². The van der Waals surface area contributed by atoms with Crippen molar-refractivity contribution in [1.29, 1.82) is 0 Å². The maximum atomic E-state index is 6.37. The average Bonchev–Trinajstić information content (AvgIpc) is 2.85. The summed E-state index contributed by atoms with van der Waals surface area (Å²) in [7, 11) is 1.73. The van der Waals surface area contributed by atoms with Crippen LogP contribution < -0.4 is 9.47 Å². The molecule has 3 heteroatoms. The third kappa shape index (κ3) is 7.36. The van der Waals surface area contributed by atoms with Crippen LogP contribution in [0.5, 0.6) is 11.5 Å². The number of ether oxygens (including phenoxy) is 2. The van der Waals surface area contributed by atoms with Crippen LogP contribution in [0, 0.1) is 0 Å². The van der Waals surface area contributed by atoms with Crippen molar-refractivity contribution in [2.24, 2.45) is 0 Å². The van der Waals surface area contributed by atoms with E-state index < -0.39 is 0 Å². The molecule has 0 heterocycles. The molecule has 0 aliphatic heterocycles. The first-order valence-corrected chi connectivity index (χ1v) is 12.6. The van der Waals surface area contributed by atoms with Gasteiger partial charge in [0.2, 0.25) is 0 Å². The van der Waals surface area contributed by atoms with Gasteiger partial charge in [-0.15, -0.1) is 0 Å². The molecule has 0 bridgehead atoms. The van der Waals surface area contributed by atoms with Crippen molar-refractivity contribution in [2.75, 3.05) is 13.7 Å². The summed E-state index contributed by atoms with van der Waals surface area (Å²) < 4.78 is 12.0. The van der Waals surface area contributed by atoms with Crippen LogP contribution in [0.4, 0.5) is 0 Å². The lowest BCUT2D eigenvalue weighted by Gasteiger charge is -2.30. The molecule has 0 N–H and O–H groups in total. The van der Waals surface area contributed by atoms with E-state index in [1.54, 1.807) is 7.11 Å². The maximum Gasteiger partial charge on any atom is 0.123 e. The number of hydrogen-bond donors (Lipinski definition) is 0. The lowest BCUT2D eigenvalue weighted by molar-refractivity contribution is 0.171. The molecule has 1 atom stereocenters. The summed E-state index contributed by atoms with van der Waals surface area (Å²) in [5, 5.41) is 0. The summed E-state index contributed by atoms with van der Waals surface area (Å²) in [5.41, 5.74) is 3.69. The molecule has 0 saturated heterocycles. The number of rotatable bonds is 13. The predicted molar refractivity (Wildman–Crippen MR) is 143 cm³/mol. The number of methoxy groups -OCH3 is 1. The van der Waals surface area contributed by atoms with E-state index in [0.29, 0.717) is 18.7 Å². The molecule has 3 rings (SSSR count). The van der Waals surface area contributed by atoms with Crippen molar-refractivity contribution in [3.8, 4) is 11.5 Å². The average molecular weight is 460 g/mol. The van der Waals surface area contributed by atoms with Gasteiger partial charge in [0.15, 0.2) is 0 Å². The smallest absolute Gasteiger partial charge is 0.123 e. The van der Waals surface area contributed by atoms with Crippen LogP contribution in [-0.2, 0) is 6.61 Å². The second-order valence-corrected chi connectivity index (χ2v) is 9.56. The summed E-state index contributed by atoms with van der Waals surface area (Å²) in [4.78, 5) is 2.58. The van der Waals surface area contributed by atoms with Crippen LogP contribution in [0.15, 0.2) is 78.9 Å². The molecule has 0 radical (unpaired) electrons. The van der Waals surface area contributed by atoms with Gasteiger partial charge in [0.05, 0.1) is 7.11 Å². The fourth-order valence-electron chi connectivity index (χ4n) is 4.74. The largest absolute Gasteiger partial charge is 0.497 e. The van der Waals surface area contributed by atoms with E-state index in [9.17, 15) is 0 Å². The monoisotopic (exact) mass is 459 g/mol. The standard InChI is InChI=1S/C31H41NO2/c1-24(2)32(25(3)4)21-13-12-18-29(27-16-10-7-11-17-27)30-22-28(33-5)19-20-31(30)34-23-26-14-8-6-9-15-26/h6-11,14-17,19-20,22,24-25,29H,12-13,18,21,23H2,1-5H3/t29-/m1/s1. The second kappa shape index (κ2) is 13.2. The zero-order valence-electron chi connectivity index (χ0n) is 21.5. The van der Waals surface area contributed by atoms with Gasteiger partial charge in [0.25, 0.3) is 0 Å². The number of unbranched alkanes of at least 4 members (excludes halogenated alkanes) is 1. The van der Waals surface area contributed by atoms with E-state index in [1.807, 2.05) is 12.1 Å². The summed E-state index contributed by atoms with van der Waals surface area (Å²) >= 11 is 0. The first kappa shape index (κ1) is 25.8. The first-order valence-electron chi connectivity index (χ1n) is 12.6. The van der Waals surface area contributed by atoms with Gasteiger partial charge in [0, 0.05) is 23.6 Å². The van der Waals surface area contributed by atoms with E-state index in [4.69, 9.17) is 9.47 Å². The fraction of sp³-hybridized carbons (Fsp3) is 0.419. The van der Waals surface area contributed by atoms with Gasteiger partial charge in [-0.1, -0.05) is 67.1 Å². The predicted octanol–water partition coefficient (Wildman–Crippen LogP) is 7.70. The highest BCUT2D eigenvalue weighted by molar-refractivity contribution is 5.46. The molecule has 3 aromatic carbocycles. The Balaban J connectivity index is 1.82. The molecule has 0 unspecified atom stereocenters. The first-order chi connectivity index (χ1) is 16.5. The van der Waals surface area contributed by atoms with Crippen molar-refractivity contribution in [3.05, 3.63) is 95.6 Å². The molecular formula is C31H41NO2. The highest BCUT2D eigenvalue weighted by Gasteiger charge is 2.20. The quantitative estimate of drug-likeness (QED) is 0.244. The topological polar surface area (TPSA) is 21.7 Å². The third-order valence-electron chi connectivity index (χ3n) is 6.52. The Kier molecular flexibility index (Phi) is 10.0. The summed E-state index contributed by atoms with van der Waals surface area (Å²) in [6.07, 6.45) is 3.41. The van der Waals surface area contributed by atoms with Crippen LogP contribution in [0.2, 0.25) is 0 Å². The highest BCUT2D eigenvalue weighted by atomic mass is 16.5. The molecular weight excluding hydrogens is 418 g/mol. The number of hydrogen-bond acceptors (Lipinski definition) is 3. The SMILES string of the molecule is COc1ccc(OCc2ccccc2)c([C@H](CCCCN(C(C)C)C(C)C)c2ccccc2)c1. The van der Waals surface area contributed by atoms with Crippen molar-refractivity contribution in [1.82, 2.24) is 4.90 Å². The van der Waals surface area contributed by atoms with Crippen LogP contribution in [0.25, 0.3) is 0 Å². The normalized spacial score (nSPS) is 12.4. The Bertz CT molecular complexity index is 961. The van der Waals surface area contributed by atoms with Gasteiger partial charge in [-0.05, 0) is 76.4 Å². The van der Waals surface area contributed by atoms with Crippen molar-refractivity contribution >= 4 is 0 Å². The van der Waals surface area contributed by atoms with Gasteiger partial charge in [0.1, 0.15) is 18.1 Å². The fourth-order valence-corrected chi connectivity index (χ4v) is 4.74. The number of nitrogens with zero attached hydrogens (tertiary/aromatic N) is 1. The van der Waals surface area contributed by atoms with Crippen molar-refractivity contribution in [3.63, 3.8) is 0 Å². The molecule has 0 spiro atoms. The van der Waals surface area contributed by atoms with Gasteiger partial charge in [-0.3, -0.25) is 4.90 Å². The summed E-state index contributed by atoms with van der Waals surface area (Å²) in [5.74, 6) is 2.06. The lowest BCUT2D eigenvalue weighted by atomic mass is 9.86. The maximum absolute atomic E-state index is 6.37. The molecule has 0 saturated carbocycles. The molecule has 0 fully saturated rings. The lowest BCUT2D eigenvalue weighted by Crippen LogP contribution is -2.37. The minimum absolute atomic E-state index is 0.258. The molecule has 0 aliphatic carbocycles. The minimum atomic E-state index is 0.258. The molecule has 182 valence electrons. The van der Waals surface area contributed by atoms with Gasteiger partial charge in [-0.25, -0.2) is 0 Å². The van der Waals surface area contributed by atoms with E-state index in [0.717, 1.165) is 30.9 Å². The Morgan fingerprint density at radius 1 is 0.765 bits per heavy atom. The second-order valence-electron chi connectivity index (χ2n) is 9.56. The molecule has 0 aromatic heterocycles. The van der Waals surface area contributed by atoms with Crippen LogP contribution in [0.3, 0.4) is 0 Å². The molecule has 0 aliphatic rings. The Labute approximate surface area is 206 Å². The highest BCUT2D eigenvalue weighted by Crippen LogP contribution is 2.38. The minimum Gasteiger partial charge on any atom is -0.497 e. The van der Waals surface area contributed by atoms with Crippen LogP contribution >= 0.6 is 0 Å². The molecule has 3 aromatic rings.